The molecule has 0 spiro atoms. The predicted octanol–water partition coefficient (Wildman–Crippen LogP) is 0.250. The number of rotatable bonds is 1. The highest BCUT2D eigenvalue weighted by atomic mass is 19.3. The number of aliphatic hydroxyl groups is 2. The minimum Gasteiger partial charge on any atom is -0.355 e. The summed E-state index contributed by atoms with van der Waals surface area (Å²) >= 11 is 0. The molecule has 0 aromatic rings. The van der Waals surface area contributed by atoms with Crippen molar-refractivity contribution in [2.75, 3.05) is 0 Å². The molecule has 1 unspecified atom stereocenters. The molecule has 8 heavy (non-hydrogen) atoms. The minimum absolute atomic E-state index is 0.160. The molecule has 0 saturated carbocycles. The zero-order valence-electron chi connectivity index (χ0n) is 4.03. The topological polar surface area (TPSA) is 40.5 Å². The van der Waals surface area contributed by atoms with Crippen LogP contribution in [0.4, 0.5) is 13.2 Å². The highest BCUT2D eigenvalue weighted by molar-refractivity contribution is 4.65. The molecule has 0 rings (SSSR count). The second kappa shape index (κ2) is 1.60. The second-order valence-corrected chi connectivity index (χ2v) is 1.49. The lowest BCUT2D eigenvalue weighted by molar-refractivity contribution is -0.345. The SMILES string of the molecule is CC(O)(F)C(O)(F)F. The van der Waals surface area contributed by atoms with Gasteiger partial charge in [-0.05, 0) is 0 Å². The predicted molar refractivity (Wildman–Crippen MR) is 18.9 cm³/mol. The lowest BCUT2D eigenvalue weighted by atomic mass is 10.3. The second-order valence-electron chi connectivity index (χ2n) is 1.49. The van der Waals surface area contributed by atoms with Crippen molar-refractivity contribution in [2.45, 2.75) is 18.9 Å². The van der Waals surface area contributed by atoms with Gasteiger partial charge in [0, 0.05) is 6.92 Å². The van der Waals surface area contributed by atoms with E-state index in [9.17, 15) is 13.2 Å². The smallest absolute Gasteiger partial charge is 0.355 e. The maximum Gasteiger partial charge on any atom is 0.411 e. The van der Waals surface area contributed by atoms with Gasteiger partial charge in [0.1, 0.15) is 0 Å². The molecule has 0 bridgehead atoms. The molecular formula is C3H5F3O2. The molecule has 0 fully saturated rings. The molecular weight excluding hydrogens is 125 g/mol. The molecule has 2 nitrogen and oxygen atoms in total. The molecule has 0 aliphatic carbocycles. The van der Waals surface area contributed by atoms with Gasteiger partial charge in [0.25, 0.3) is 5.85 Å². The Labute approximate surface area is 43.6 Å². The van der Waals surface area contributed by atoms with E-state index < -0.39 is 12.0 Å². The molecule has 0 aromatic heterocycles. The van der Waals surface area contributed by atoms with Crippen LogP contribution in [0.25, 0.3) is 0 Å². The lowest BCUT2D eigenvalue weighted by Crippen LogP contribution is -2.40. The van der Waals surface area contributed by atoms with Gasteiger partial charge in [-0.15, -0.1) is 0 Å². The highest BCUT2D eigenvalue weighted by Gasteiger charge is 2.48. The van der Waals surface area contributed by atoms with Crippen LogP contribution in [0.2, 0.25) is 0 Å². The third-order valence-corrected chi connectivity index (χ3v) is 0.549. The average molecular weight is 130 g/mol. The van der Waals surface area contributed by atoms with Gasteiger partial charge < -0.3 is 10.2 Å². The molecule has 1 atom stereocenters. The quantitative estimate of drug-likeness (QED) is 0.534. The van der Waals surface area contributed by atoms with Crippen molar-refractivity contribution >= 4 is 0 Å². The highest BCUT2D eigenvalue weighted by Crippen LogP contribution is 2.25. The Bertz CT molecular complexity index is 67.5. The summed E-state index contributed by atoms with van der Waals surface area (Å²) in [5, 5.41) is 15.1. The molecule has 0 saturated heterocycles. The van der Waals surface area contributed by atoms with Crippen LogP contribution in [0.1, 0.15) is 6.92 Å². The number of hydrogen-bond donors (Lipinski definition) is 2. The Hall–Kier alpha value is -0.290. The van der Waals surface area contributed by atoms with Gasteiger partial charge in [-0.25, -0.2) is 4.39 Å². The molecule has 50 valence electrons. The van der Waals surface area contributed by atoms with Crippen LogP contribution in [-0.4, -0.2) is 22.2 Å². The summed E-state index contributed by atoms with van der Waals surface area (Å²) in [5.74, 6) is -3.84. The number of alkyl halides is 3. The Balaban J connectivity index is 4.02. The Morgan fingerprint density at radius 2 is 1.25 bits per heavy atom. The van der Waals surface area contributed by atoms with Crippen molar-refractivity contribution in [1.82, 2.24) is 0 Å². The van der Waals surface area contributed by atoms with Crippen LogP contribution in [0.3, 0.4) is 0 Å². The summed E-state index contributed by atoms with van der Waals surface area (Å²) in [5.41, 5.74) is 0. The first-order valence-electron chi connectivity index (χ1n) is 1.76. The summed E-state index contributed by atoms with van der Waals surface area (Å²) < 4.78 is 33.8. The average Bonchev–Trinajstić information content (AvgIpc) is 1.25. The van der Waals surface area contributed by atoms with E-state index in [1.165, 1.54) is 0 Å². The Morgan fingerprint density at radius 3 is 1.25 bits per heavy atom. The third-order valence-electron chi connectivity index (χ3n) is 0.549. The van der Waals surface area contributed by atoms with Crippen LogP contribution in [0.5, 0.6) is 0 Å². The lowest BCUT2D eigenvalue weighted by Gasteiger charge is -2.17. The van der Waals surface area contributed by atoms with E-state index in [-0.39, 0.29) is 6.92 Å². The normalized spacial score (nSPS) is 20.2. The van der Waals surface area contributed by atoms with E-state index in [1.54, 1.807) is 0 Å². The third kappa shape index (κ3) is 1.67. The van der Waals surface area contributed by atoms with Gasteiger partial charge in [-0.3, -0.25) is 0 Å². The number of halogens is 3. The summed E-state index contributed by atoms with van der Waals surface area (Å²) in [6, 6.07) is 0. The van der Waals surface area contributed by atoms with E-state index in [4.69, 9.17) is 10.2 Å². The van der Waals surface area contributed by atoms with Crippen LogP contribution in [0, 0.1) is 0 Å². The van der Waals surface area contributed by atoms with E-state index in [0.717, 1.165) is 0 Å². The van der Waals surface area contributed by atoms with Crippen molar-refractivity contribution in [1.29, 1.82) is 0 Å². The summed E-state index contributed by atoms with van der Waals surface area (Å²) in [6.07, 6.45) is -4.67. The maximum absolute atomic E-state index is 11.5. The molecule has 0 aromatic carbocycles. The molecule has 5 heteroatoms. The molecule has 2 N–H and O–H groups in total. The van der Waals surface area contributed by atoms with Crippen molar-refractivity contribution in [3.63, 3.8) is 0 Å². The summed E-state index contributed by atoms with van der Waals surface area (Å²) in [6.45, 7) is 0.160. The fraction of sp³-hybridized carbons (Fsp3) is 1.00. The molecule has 0 aliphatic heterocycles. The summed E-state index contributed by atoms with van der Waals surface area (Å²) in [7, 11) is 0. The first-order valence-corrected chi connectivity index (χ1v) is 1.76. The van der Waals surface area contributed by atoms with E-state index in [0.29, 0.717) is 0 Å². The van der Waals surface area contributed by atoms with Crippen LogP contribution >= 0.6 is 0 Å². The van der Waals surface area contributed by atoms with Gasteiger partial charge >= 0.3 is 6.11 Å². The van der Waals surface area contributed by atoms with Crippen molar-refractivity contribution < 1.29 is 23.4 Å². The van der Waals surface area contributed by atoms with Gasteiger partial charge in [0.15, 0.2) is 0 Å². The molecule has 0 aliphatic rings. The monoisotopic (exact) mass is 130 g/mol. The standard InChI is InChI=1S/C3H5F3O2/c1-2(4,7)3(5,6)8/h7-8H,1H3. The van der Waals surface area contributed by atoms with Crippen molar-refractivity contribution in [3.05, 3.63) is 0 Å². The molecule has 0 radical (unpaired) electrons. The van der Waals surface area contributed by atoms with Gasteiger partial charge in [-0.2, -0.15) is 8.78 Å². The Morgan fingerprint density at radius 1 is 1.12 bits per heavy atom. The van der Waals surface area contributed by atoms with Gasteiger partial charge in [0.05, 0.1) is 0 Å². The number of hydrogen-bond acceptors (Lipinski definition) is 2. The first kappa shape index (κ1) is 7.71. The molecule has 0 heterocycles. The van der Waals surface area contributed by atoms with Gasteiger partial charge in [0.2, 0.25) is 0 Å². The fourth-order valence-electron chi connectivity index (χ4n) is 0. The Kier molecular flexibility index (Phi) is 1.54. The van der Waals surface area contributed by atoms with Crippen molar-refractivity contribution in [2.24, 2.45) is 0 Å². The zero-order valence-corrected chi connectivity index (χ0v) is 4.03. The largest absolute Gasteiger partial charge is 0.411 e. The van der Waals surface area contributed by atoms with Crippen LogP contribution in [0.15, 0.2) is 0 Å². The van der Waals surface area contributed by atoms with Gasteiger partial charge in [-0.1, -0.05) is 0 Å². The van der Waals surface area contributed by atoms with E-state index in [2.05, 4.69) is 0 Å². The fourth-order valence-corrected chi connectivity index (χ4v) is 0. The first-order chi connectivity index (χ1) is 3.25. The van der Waals surface area contributed by atoms with E-state index >= 15 is 0 Å². The molecule has 0 amide bonds. The zero-order chi connectivity index (χ0) is 7.00. The minimum atomic E-state index is -4.67. The van der Waals surface area contributed by atoms with Crippen LogP contribution in [-0.2, 0) is 0 Å². The summed E-state index contributed by atoms with van der Waals surface area (Å²) in [4.78, 5) is 0. The van der Waals surface area contributed by atoms with Crippen molar-refractivity contribution in [3.8, 4) is 0 Å². The van der Waals surface area contributed by atoms with Crippen LogP contribution < -0.4 is 0 Å². The van der Waals surface area contributed by atoms with E-state index in [1.807, 2.05) is 0 Å². The maximum atomic E-state index is 11.5.